The van der Waals surface area contributed by atoms with Crippen LogP contribution in [0.25, 0.3) is 0 Å². The quantitative estimate of drug-likeness (QED) is 0.417. The lowest BCUT2D eigenvalue weighted by Gasteiger charge is -2.01. The van der Waals surface area contributed by atoms with E-state index >= 15 is 0 Å². The summed E-state index contributed by atoms with van der Waals surface area (Å²) in [6.07, 6.45) is -1.35. The van der Waals surface area contributed by atoms with Crippen LogP contribution in [0.2, 0.25) is 0 Å². The van der Waals surface area contributed by atoms with E-state index in [2.05, 4.69) is 10.7 Å². The first-order valence-corrected chi connectivity index (χ1v) is 2.41. The van der Waals surface area contributed by atoms with Crippen molar-refractivity contribution in [1.82, 2.24) is 0 Å². The largest absolute Gasteiger partial charge is 0.479 e. The average molecular weight is 135 g/mol. The van der Waals surface area contributed by atoms with Crippen molar-refractivity contribution in [2.24, 2.45) is 5.90 Å². The highest BCUT2D eigenvalue weighted by atomic mass is 16.6. The number of carbonyl (C=O) groups is 1. The number of aliphatic hydroxyl groups excluding tert-OH is 1. The zero-order chi connectivity index (χ0) is 7.28. The Balaban J connectivity index is 3.27. The van der Waals surface area contributed by atoms with Gasteiger partial charge in [-0.3, -0.25) is 0 Å². The maximum Gasteiger partial charge on any atom is 0.332 e. The fourth-order valence-corrected chi connectivity index (χ4v) is 0.303. The minimum Gasteiger partial charge on any atom is -0.479 e. The fraction of sp³-hybridized carbons (Fsp3) is 0.750. The first-order valence-electron chi connectivity index (χ1n) is 2.41. The molecule has 1 atom stereocenters. The summed E-state index contributed by atoms with van der Waals surface area (Å²) >= 11 is 0. The van der Waals surface area contributed by atoms with Crippen LogP contribution in [-0.4, -0.2) is 28.9 Å². The number of carboxylic acid groups (broad SMARTS) is 1. The van der Waals surface area contributed by atoms with Gasteiger partial charge in [0.05, 0.1) is 6.61 Å². The van der Waals surface area contributed by atoms with E-state index < -0.39 is 12.1 Å². The number of carboxylic acids is 1. The van der Waals surface area contributed by atoms with Crippen molar-refractivity contribution >= 4 is 5.97 Å². The third-order valence-electron chi connectivity index (χ3n) is 0.794. The number of nitrogens with two attached hydrogens (primary N) is 1. The average Bonchev–Trinajstić information content (AvgIpc) is 1.82. The third kappa shape index (κ3) is 3.89. The summed E-state index contributed by atoms with van der Waals surface area (Å²) in [5.74, 6) is 3.32. The lowest BCUT2D eigenvalue weighted by molar-refractivity contribution is -0.147. The third-order valence-corrected chi connectivity index (χ3v) is 0.794. The Hall–Kier alpha value is -0.650. The zero-order valence-electron chi connectivity index (χ0n) is 4.78. The fourth-order valence-electron chi connectivity index (χ4n) is 0.303. The highest BCUT2D eigenvalue weighted by Gasteiger charge is 2.11. The van der Waals surface area contributed by atoms with Crippen LogP contribution in [0.1, 0.15) is 6.42 Å². The highest BCUT2D eigenvalue weighted by molar-refractivity contribution is 5.71. The summed E-state index contributed by atoms with van der Waals surface area (Å²) in [6.45, 7) is 0.0491. The van der Waals surface area contributed by atoms with Crippen LogP contribution >= 0.6 is 0 Å². The van der Waals surface area contributed by atoms with Gasteiger partial charge < -0.3 is 15.1 Å². The minimum atomic E-state index is -1.37. The molecular weight excluding hydrogens is 126 g/mol. The summed E-state index contributed by atoms with van der Waals surface area (Å²) in [5, 5.41) is 16.6. The maximum atomic E-state index is 9.86. The molecule has 0 amide bonds. The van der Waals surface area contributed by atoms with Crippen LogP contribution in [0.15, 0.2) is 0 Å². The van der Waals surface area contributed by atoms with Gasteiger partial charge >= 0.3 is 5.97 Å². The molecule has 4 N–H and O–H groups in total. The molecule has 0 aromatic rings. The van der Waals surface area contributed by atoms with Gasteiger partial charge in [-0.2, -0.15) is 0 Å². The van der Waals surface area contributed by atoms with Crippen molar-refractivity contribution in [2.45, 2.75) is 12.5 Å². The van der Waals surface area contributed by atoms with Crippen molar-refractivity contribution in [1.29, 1.82) is 0 Å². The Bertz CT molecular complexity index is 94.6. The Morgan fingerprint density at radius 2 is 2.33 bits per heavy atom. The van der Waals surface area contributed by atoms with E-state index in [-0.39, 0.29) is 13.0 Å². The maximum absolute atomic E-state index is 9.86. The summed E-state index contributed by atoms with van der Waals surface area (Å²) in [7, 11) is 0. The molecule has 5 heteroatoms. The monoisotopic (exact) mass is 135 g/mol. The molecule has 0 aromatic heterocycles. The molecule has 1 unspecified atom stereocenters. The van der Waals surface area contributed by atoms with E-state index in [1.54, 1.807) is 0 Å². The molecular formula is C4H9NO4. The van der Waals surface area contributed by atoms with Gasteiger partial charge in [-0.15, -0.1) is 0 Å². The highest BCUT2D eigenvalue weighted by Crippen LogP contribution is 1.89. The summed E-state index contributed by atoms with van der Waals surface area (Å²) in [5.41, 5.74) is 0. The van der Waals surface area contributed by atoms with Crippen LogP contribution in [0.3, 0.4) is 0 Å². The van der Waals surface area contributed by atoms with Gasteiger partial charge in [0.1, 0.15) is 0 Å². The molecule has 0 rings (SSSR count). The van der Waals surface area contributed by atoms with Crippen LogP contribution in [0.4, 0.5) is 0 Å². The Kier molecular flexibility index (Phi) is 3.94. The van der Waals surface area contributed by atoms with Crippen molar-refractivity contribution in [2.75, 3.05) is 6.61 Å². The number of aliphatic carboxylic acids is 1. The predicted octanol–water partition coefficient (Wildman–Crippen LogP) is -1.29. The van der Waals surface area contributed by atoms with Crippen LogP contribution in [-0.2, 0) is 9.63 Å². The number of aliphatic hydroxyl groups is 1. The Morgan fingerprint density at radius 3 is 2.67 bits per heavy atom. The molecule has 0 aliphatic heterocycles. The molecule has 0 radical (unpaired) electrons. The molecule has 0 aromatic carbocycles. The van der Waals surface area contributed by atoms with Crippen molar-refractivity contribution in [3.8, 4) is 0 Å². The van der Waals surface area contributed by atoms with Crippen LogP contribution < -0.4 is 5.90 Å². The molecule has 54 valence electrons. The second-order valence-electron chi connectivity index (χ2n) is 1.51. The van der Waals surface area contributed by atoms with Gasteiger partial charge in [0.25, 0.3) is 0 Å². The Morgan fingerprint density at radius 1 is 1.78 bits per heavy atom. The molecule has 0 saturated heterocycles. The Labute approximate surface area is 52.0 Å². The predicted molar refractivity (Wildman–Crippen MR) is 28.4 cm³/mol. The molecule has 0 saturated carbocycles. The van der Waals surface area contributed by atoms with E-state index in [4.69, 9.17) is 10.2 Å². The van der Waals surface area contributed by atoms with Crippen molar-refractivity contribution in [3.63, 3.8) is 0 Å². The first-order chi connectivity index (χ1) is 4.18. The second-order valence-corrected chi connectivity index (χ2v) is 1.51. The van der Waals surface area contributed by atoms with Gasteiger partial charge in [-0.25, -0.2) is 10.7 Å². The van der Waals surface area contributed by atoms with Gasteiger partial charge in [0.2, 0.25) is 0 Å². The second kappa shape index (κ2) is 4.25. The van der Waals surface area contributed by atoms with E-state index in [0.717, 1.165) is 0 Å². The first kappa shape index (κ1) is 8.35. The van der Waals surface area contributed by atoms with Crippen LogP contribution in [0, 0.1) is 0 Å². The molecule has 0 aliphatic rings. The van der Waals surface area contributed by atoms with E-state index in [1.165, 1.54) is 0 Å². The smallest absolute Gasteiger partial charge is 0.332 e. The van der Waals surface area contributed by atoms with E-state index in [0.29, 0.717) is 0 Å². The normalized spacial score (nSPS) is 13.1. The lowest BCUT2D eigenvalue weighted by atomic mass is 10.3. The molecule has 9 heavy (non-hydrogen) atoms. The minimum absolute atomic E-state index is 0.0197. The van der Waals surface area contributed by atoms with E-state index in [1.807, 2.05) is 0 Å². The van der Waals surface area contributed by atoms with E-state index in [9.17, 15) is 4.79 Å². The van der Waals surface area contributed by atoms with Crippen molar-refractivity contribution < 1.29 is 19.8 Å². The standard InChI is InChI=1S/C4H9NO4/c5-9-2-1-3(6)4(7)8/h3,6H,1-2,5H2,(H,7,8). The number of rotatable bonds is 4. The summed E-state index contributed by atoms with van der Waals surface area (Å²) in [4.78, 5) is 13.9. The molecule has 5 nitrogen and oxygen atoms in total. The molecule has 0 bridgehead atoms. The van der Waals surface area contributed by atoms with Gasteiger partial charge in [0, 0.05) is 6.42 Å². The van der Waals surface area contributed by atoms with Gasteiger partial charge in [-0.1, -0.05) is 0 Å². The zero-order valence-corrected chi connectivity index (χ0v) is 4.78. The molecule has 0 fully saturated rings. The van der Waals surface area contributed by atoms with Gasteiger partial charge in [0.15, 0.2) is 6.10 Å². The molecule has 0 heterocycles. The number of hydrogen-bond acceptors (Lipinski definition) is 4. The topological polar surface area (TPSA) is 92.8 Å². The number of hydrogen-bond donors (Lipinski definition) is 3. The summed E-state index contributed by atoms with van der Waals surface area (Å²) in [6, 6.07) is 0. The lowest BCUT2D eigenvalue weighted by Crippen LogP contribution is -2.21. The summed E-state index contributed by atoms with van der Waals surface area (Å²) < 4.78 is 0. The van der Waals surface area contributed by atoms with Gasteiger partial charge in [-0.05, 0) is 0 Å². The SMILES string of the molecule is NOCCC(O)C(=O)O. The van der Waals surface area contributed by atoms with Crippen LogP contribution in [0.5, 0.6) is 0 Å². The molecule has 0 aliphatic carbocycles. The molecule has 0 spiro atoms. The van der Waals surface area contributed by atoms with Crippen molar-refractivity contribution in [3.05, 3.63) is 0 Å².